The van der Waals surface area contributed by atoms with Gasteiger partial charge in [-0.05, 0) is 17.2 Å². The zero-order chi connectivity index (χ0) is 26.6. The van der Waals surface area contributed by atoms with Gasteiger partial charge < -0.3 is 24.8 Å². The van der Waals surface area contributed by atoms with E-state index >= 15 is 0 Å². The predicted molar refractivity (Wildman–Crippen MR) is 133 cm³/mol. The van der Waals surface area contributed by atoms with Crippen molar-refractivity contribution in [2.75, 3.05) is 27.3 Å². The second-order valence-corrected chi connectivity index (χ2v) is 8.73. The molecule has 0 radical (unpaired) electrons. The molecule has 1 amide bonds. The summed E-state index contributed by atoms with van der Waals surface area (Å²) in [6.07, 6.45) is 1.20. The Balaban J connectivity index is 1.79. The van der Waals surface area contributed by atoms with Crippen molar-refractivity contribution in [1.29, 1.82) is 15.8 Å². The highest BCUT2D eigenvalue weighted by atomic mass is 16.6. The predicted octanol–water partition coefficient (Wildman–Crippen LogP) is 3.77. The number of fused-ring (bicyclic) bond motifs is 1. The Labute approximate surface area is 215 Å². The van der Waals surface area contributed by atoms with E-state index in [2.05, 4.69) is 18.2 Å². The van der Waals surface area contributed by atoms with Crippen LogP contribution in [-0.4, -0.2) is 38.3 Å². The number of carbonyl (C=O) groups is 1. The SMILES string of the molecule is COc1ccc(C2C3CN(C(=O)OCc4ccccc4)CC=C3C(C#N)=C(N)C2(C#N)C#N)c(OC)c1. The fourth-order valence-electron chi connectivity index (χ4n) is 5.06. The van der Waals surface area contributed by atoms with Crippen LogP contribution in [0.3, 0.4) is 0 Å². The number of nitriles is 3. The summed E-state index contributed by atoms with van der Waals surface area (Å²) in [6, 6.07) is 20.7. The number of allylic oxidation sites excluding steroid dienone is 2. The van der Waals surface area contributed by atoms with Gasteiger partial charge in [-0.3, -0.25) is 0 Å². The molecule has 1 heterocycles. The van der Waals surface area contributed by atoms with Crippen LogP contribution in [0, 0.1) is 45.3 Å². The first kappa shape index (κ1) is 25.2. The van der Waals surface area contributed by atoms with Crippen LogP contribution in [0.25, 0.3) is 0 Å². The lowest BCUT2D eigenvalue weighted by molar-refractivity contribution is 0.0897. The molecule has 0 spiro atoms. The van der Waals surface area contributed by atoms with Gasteiger partial charge in [-0.1, -0.05) is 42.5 Å². The summed E-state index contributed by atoms with van der Waals surface area (Å²) in [5, 5.41) is 30.6. The van der Waals surface area contributed by atoms with E-state index in [1.54, 1.807) is 24.3 Å². The van der Waals surface area contributed by atoms with Gasteiger partial charge in [0.25, 0.3) is 0 Å². The third-order valence-electron chi connectivity index (χ3n) is 6.90. The molecule has 2 aliphatic rings. The van der Waals surface area contributed by atoms with Crippen molar-refractivity contribution in [2.24, 2.45) is 17.1 Å². The monoisotopic (exact) mass is 495 g/mol. The van der Waals surface area contributed by atoms with Crippen molar-refractivity contribution in [3.05, 3.63) is 82.6 Å². The maximum absolute atomic E-state index is 13.0. The van der Waals surface area contributed by atoms with Crippen molar-refractivity contribution in [3.63, 3.8) is 0 Å². The number of benzene rings is 2. The zero-order valence-corrected chi connectivity index (χ0v) is 20.5. The van der Waals surface area contributed by atoms with Crippen LogP contribution in [0.5, 0.6) is 11.5 Å². The molecule has 9 nitrogen and oxygen atoms in total. The molecule has 9 heteroatoms. The molecule has 1 aliphatic carbocycles. The smallest absolute Gasteiger partial charge is 0.410 e. The van der Waals surface area contributed by atoms with Crippen LogP contribution in [0.4, 0.5) is 4.79 Å². The minimum atomic E-state index is -1.87. The molecule has 2 atom stereocenters. The average molecular weight is 496 g/mol. The number of hydrogen-bond acceptors (Lipinski definition) is 8. The van der Waals surface area contributed by atoms with E-state index in [1.807, 2.05) is 30.3 Å². The summed E-state index contributed by atoms with van der Waals surface area (Å²) in [6.45, 7) is 0.406. The molecule has 2 unspecified atom stereocenters. The maximum Gasteiger partial charge on any atom is 0.410 e. The third-order valence-corrected chi connectivity index (χ3v) is 6.90. The van der Waals surface area contributed by atoms with Gasteiger partial charge >= 0.3 is 6.09 Å². The van der Waals surface area contributed by atoms with Gasteiger partial charge in [0.15, 0.2) is 5.41 Å². The third kappa shape index (κ3) is 4.30. The highest BCUT2D eigenvalue weighted by Gasteiger charge is 2.55. The van der Waals surface area contributed by atoms with Crippen molar-refractivity contribution >= 4 is 6.09 Å². The van der Waals surface area contributed by atoms with Crippen LogP contribution in [0.1, 0.15) is 17.0 Å². The second-order valence-electron chi connectivity index (χ2n) is 8.73. The largest absolute Gasteiger partial charge is 0.497 e. The molecule has 0 fully saturated rings. The number of methoxy groups -OCH3 is 2. The number of hydrogen-bond donors (Lipinski definition) is 1. The van der Waals surface area contributed by atoms with Crippen molar-refractivity contribution in [2.45, 2.75) is 12.5 Å². The Morgan fingerprint density at radius 1 is 1.11 bits per heavy atom. The summed E-state index contributed by atoms with van der Waals surface area (Å²) in [4.78, 5) is 14.5. The van der Waals surface area contributed by atoms with Gasteiger partial charge in [0.2, 0.25) is 0 Å². The molecular weight excluding hydrogens is 470 g/mol. The van der Waals surface area contributed by atoms with E-state index in [0.717, 1.165) is 5.56 Å². The van der Waals surface area contributed by atoms with Crippen LogP contribution < -0.4 is 15.2 Å². The van der Waals surface area contributed by atoms with Crippen LogP contribution in [0.2, 0.25) is 0 Å². The molecule has 4 rings (SSSR count). The molecule has 37 heavy (non-hydrogen) atoms. The number of carbonyl (C=O) groups excluding carboxylic acids is 1. The van der Waals surface area contributed by atoms with Gasteiger partial charge in [-0.15, -0.1) is 0 Å². The minimum Gasteiger partial charge on any atom is -0.497 e. The number of nitrogens with zero attached hydrogens (tertiary/aromatic N) is 4. The molecule has 2 aromatic rings. The first-order valence-corrected chi connectivity index (χ1v) is 11.5. The Morgan fingerprint density at radius 2 is 1.84 bits per heavy atom. The Hall–Kier alpha value is -4.94. The number of amides is 1. The van der Waals surface area contributed by atoms with Crippen LogP contribution >= 0.6 is 0 Å². The van der Waals surface area contributed by atoms with E-state index < -0.39 is 23.3 Å². The van der Waals surface area contributed by atoms with Gasteiger partial charge in [0.05, 0.1) is 37.6 Å². The summed E-state index contributed by atoms with van der Waals surface area (Å²) in [5.41, 5.74) is 6.48. The molecular formula is C28H25N5O4. The average Bonchev–Trinajstić information content (AvgIpc) is 2.95. The van der Waals surface area contributed by atoms with E-state index in [4.69, 9.17) is 19.9 Å². The topological polar surface area (TPSA) is 145 Å². The second kappa shape index (κ2) is 10.4. The summed E-state index contributed by atoms with van der Waals surface area (Å²) in [7, 11) is 3.00. The normalized spacial score (nSPS) is 19.9. The van der Waals surface area contributed by atoms with Crippen molar-refractivity contribution < 1.29 is 19.0 Å². The molecule has 0 aromatic heterocycles. The van der Waals surface area contributed by atoms with Gasteiger partial charge in [-0.25, -0.2) is 4.79 Å². The van der Waals surface area contributed by atoms with Crippen LogP contribution in [-0.2, 0) is 11.3 Å². The highest BCUT2D eigenvalue weighted by Crippen LogP contribution is 2.56. The molecule has 2 N–H and O–H groups in total. The van der Waals surface area contributed by atoms with Gasteiger partial charge in [0, 0.05) is 36.6 Å². The number of nitrogens with two attached hydrogens (primary N) is 1. The van der Waals surface area contributed by atoms with E-state index in [-0.39, 0.29) is 31.0 Å². The standard InChI is InChI=1S/C28H25N5O4/c1-35-19-8-9-21(24(12-19)36-2)25-23-14-33(27(34)37-15-18-6-4-3-5-7-18)11-10-20(23)22(13-29)26(32)28(25,16-30)17-31/h3-10,12,23,25H,11,14-15,32H2,1-2H3. The fourth-order valence-corrected chi connectivity index (χ4v) is 5.06. The minimum absolute atomic E-state index is 0.0918. The Kier molecular flexibility index (Phi) is 7.04. The molecule has 2 aromatic carbocycles. The lowest BCUT2D eigenvalue weighted by Gasteiger charge is -2.45. The highest BCUT2D eigenvalue weighted by molar-refractivity contribution is 5.70. The van der Waals surface area contributed by atoms with E-state index in [1.165, 1.54) is 19.1 Å². The summed E-state index contributed by atoms with van der Waals surface area (Å²) >= 11 is 0. The summed E-state index contributed by atoms with van der Waals surface area (Å²) < 4.78 is 16.4. The Bertz CT molecular complexity index is 1380. The quantitative estimate of drug-likeness (QED) is 0.660. The molecule has 0 saturated carbocycles. The van der Waals surface area contributed by atoms with Gasteiger partial charge in [-0.2, -0.15) is 15.8 Å². The lowest BCUT2D eigenvalue weighted by atomic mass is 9.58. The number of rotatable bonds is 5. The summed E-state index contributed by atoms with van der Waals surface area (Å²) in [5.74, 6) is -0.503. The molecule has 0 bridgehead atoms. The van der Waals surface area contributed by atoms with E-state index in [0.29, 0.717) is 22.6 Å². The van der Waals surface area contributed by atoms with Crippen molar-refractivity contribution in [1.82, 2.24) is 4.90 Å². The fraction of sp³-hybridized carbons (Fsp3) is 0.286. The first-order chi connectivity index (χ1) is 17.9. The number of ether oxygens (including phenoxy) is 3. The van der Waals surface area contributed by atoms with Crippen molar-refractivity contribution in [3.8, 4) is 29.7 Å². The zero-order valence-electron chi connectivity index (χ0n) is 20.5. The first-order valence-electron chi connectivity index (χ1n) is 11.5. The maximum atomic E-state index is 13.0. The van der Waals surface area contributed by atoms with E-state index in [9.17, 15) is 20.6 Å². The molecule has 1 aliphatic heterocycles. The molecule has 186 valence electrons. The Morgan fingerprint density at radius 3 is 2.46 bits per heavy atom. The van der Waals surface area contributed by atoms with Crippen LogP contribution in [0.15, 0.2) is 71.5 Å². The lowest BCUT2D eigenvalue weighted by Crippen LogP contribution is -2.49. The van der Waals surface area contributed by atoms with Gasteiger partial charge in [0.1, 0.15) is 24.2 Å². The molecule has 0 saturated heterocycles.